The fraction of sp³-hybridized carbons (Fsp3) is 0.182. The first kappa shape index (κ1) is 12.5. The summed E-state index contributed by atoms with van der Waals surface area (Å²) in [4.78, 5) is 11.0. The van der Waals surface area contributed by atoms with Gasteiger partial charge in [0.05, 0.1) is 6.61 Å². The molecule has 0 aliphatic heterocycles. The molecule has 1 rings (SSSR count). The molecule has 0 atom stereocenters. The lowest BCUT2D eigenvalue weighted by Gasteiger charge is -1.99. The molecule has 16 heavy (non-hydrogen) atoms. The molecule has 0 amide bonds. The summed E-state index contributed by atoms with van der Waals surface area (Å²) in [5.74, 6) is -0.395. The van der Waals surface area contributed by atoms with Crippen molar-refractivity contribution in [2.45, 2.75) is 6.92 Å². The Morgan fingerprint density at radius 2 is 2.00 bits per heavy atom. The van der Waals surface area contributed by atoms with Crippen LogP contribution in [0.2, 0.25) is 0 Å². The zero-order valence-electron chi connectivity index (χ0n) is 8.96. The zero-order chi connectivity index (χ0) is 12.0. The second-order valence-corrected chi connectivity index (χ2v) is 3.13. The van der Waals surface area contributed by atoms with Gasteiger partial charge in [0.1, 0.15) is 0 Å². The average molecular weight is 220 g/mol. The Hall–Kier alpha value is -1.59. The SMILES string of the molecule is CCOC(=O)/C=C\c1ccc(B(O)O)cc1. The fourth-order valence-corrected chi connectivity index (χ4v) is 1.13. The van der Waals surface area contributed by atoms with E-state index in [1.807, 2.05) is 0 Å². The van der Waals surface area contributed by atoms with Crippen molar-refractivity contribution in [1.29, 1.82) is 0 Å². The van der Waals surface area contributed by atoms with Crippen molar-refractivity contribution in [3.8, 4) is 0 Å². The van der Waals surface area contributed by atoms with Crippen molar-refractivity contribution in [2.24, 2.45) is 0 Å². The van der Waals surface area contributed by atoms with Crippen LogP contribution in [-0.4, -0.2) is 29.7 Å². The van der Waals surface area contributed by atoms with E-state index in [9.17, 15) is 4.79 Å². The molecule has 0 heterocycles. The number of esters is 1. The maximum atomic E-state index is 11.0. The highest BCUT2D eigenvalue weighted by atomic mass is 16.5. The van der Waals surface area contributed by atoms with E-state index in [1.54, 1.807) is 37.3 Å². The summed E-state index contributed by atoms with van der Waals surface area (Å²) in [6.45, 7) is 2.09. The summed E-state index contributed by atoms with van der Waals surface area (Å²) in [5, 5.41) is 17.7. The molecule has 2 N–H and O–H groups in total. The third-order valence-electron chi connectivity index (χ3n) is 1.93. The van der Waals surface area contributed by atoms with Crippen LogP contribution in [0, 0.1) is 0 Å². The van der Waals surface area contributed by atoms with E-state index in [2.05, 4.69) is 0 Å². The van der Waals surface area contributed by atoms with Crippen LogP contribution >= 0.6 is 0 Å². The molecule has 4 nitrogen and oxygen atoms in total. The van der Waals surface area contributed by atoms with E-state index in [0.29, 0.717) is 12.1 Å². The Morgan fingerprint density at radius 3 is 2.50 bits per heavy atom. The molecule has 0 aliphatic rings. The quantitative estimate of drug-likeness (QED) is 0.424. The smallest absolute Gasteiger partial charge is 0.463 e. The highest BCUT2D eigenvalue weighted by molar-refractivity contribution is 6.58. The van der Waals surface area contributed by atoms with Gasteiger partial charge in [-0.3, -0.25) is 0 Å². The maximum absolute atomic E-state index is 11.0. The van der Waals surface area contributed by atoms with E-state index in [-0.39, 0.29) is 0 Å². The third-order valence-corrected chi connectivity index (χ3v) is 1.93. The van der Waals surface area contributed by atoms with Gasteiger partial charge in [-0.2, -0.15) is 0 Å². The number of benzene rings is 1. The predicted molar refractivity (Wildman–Crippen MR) is 61.9 cm³/mol. The average Bonchev–Trinajstić information content (AvgIpc) is 2.27. The molecule has 1 aromatic carbocycles. The summed E-state index contributed by atoms with van der Waals surface area (Å²) in [6, 6.07) is 6.53. The van der Waals surface area contributed by atoms with Gasteiger partial charge >= 0.3 is 13.1 Å². The molecule has 0 saturated heterocycles. The molecule has 0 fully saturated rings. The molecule has 0 spiro atoms. The Bertz CT molecular complexity index is 370. The molecule has 0 saturated carbocycles. The van der Waals surface area contributed by atoms with Crippen LogP contribution in [0.15, 0.2) is 30.3 Å². The number of rotatable bonds is 4. The van der Waals surface area contributed by atoms with Crippen molar-refractivity contribution >= 4 is 24.6 Å². The van der Waals surface area contributed by atoms with Gasteiger partial charge in [0.2, 0.25) is 0 Å². The van der Waals surface area contributed by atoms with Gasteiger partial charge in [0.15, 0.2) is 0 Å². The number of carbonyl (C=O) groups excluding carboxylic acids is 1. The summed E-state index contributed by atoms with van der Waals surface area (Å²) in [7, 11) is -1.47. The van der Waals surface area contributed by atoms with Crippen LogP contribution in [-0.2, 0) is 9.53 Å². The Morgan fingerprint density at radius 1 is 1.38 bits per heavy atom. The molecule has 84 valence electrons. The van der Waals surface area contributed by atoms with E-state index < -0.39 is 13.1 Å². The monoisotopic (exact) mass is 220 g/mol. The van der Waals surface area contributed by atoms with Crippen molar-refractivity contribution in [1.82, 2.24) is 0 Å². The number of hydrogen-bond acceptors (Lipinski definition) is 4. The molecular weight excluding hydrogens is 207 g/mol. The van der Waals surface area contributed by atoms with E-state index in [4.69, 9.17) is 14.8 Å². The molecule has 0 aliphatic carbocycles. The van der Waals surface area contributed by atoms with Gasteiger partial charge in [0.25, 0.3) is 0 Å². The molecular formula is C11H13BO4. The Balaban J connectivity index is 2.65. The lowest BCUT2D eigenvalue weighted by Crippen LogP contribution is -2.29. The highest BCUT2D eigenvalue weighted by Gasteiger charge is 2.08. The van der Waals surface area contributed by atoms with Gasteiger partial charge in [0, 0.05) is 6.08 Å². The predicted octanol–water partition coefficient (Wildman–Crippen LogP) is -0.0573. The number of ether oxygens (including phenoxy) is 1. The lowest BCUT2D eigenvalue weighted by atomic mass is 9.80. The van der Waals surface area contributed by atoms with Crippen LogP contribution < -0.4 is 5.46 Å². The van der Waals surface area contributed by atoms with Gasteiger partial charge in [-0.05, 0) is 24.0 Å². The zero-order valence-corrected chi connectivity index (χ0v) is 8.96. The van der Waals surface area contributed by atoms with Crippen LogP contribution in [0.1, 0.15) is 12.5 Å². The van der Waals surface area contributed by atoms with Crippen LogP contribution in [0.3, 0.4) is 0 Å². The minimum absolute atomic E-state index is 0.346. The largest absolute Gasteiger partial charge is 0.488 e. The van der Waals surface area contributed by atoms with Crippen molar-refractivity contribution in [2.75, 3.05) is 6.61 Å². The minimum atomic E-state index is -1.47. The normalized spacial score (nSPS) is 10.4. The van der Waals surface area contributed by atoms with Crippen molar-refractivity contribution in [3.63, 3.8) is 0 Å². The highest BCUT2D eigenvalue weighted by Crippen LogP contribution is 2.00. The van der Waals surface area contributed by atoms with E-state index in [0.717, 1.165) is 5.56 Å². The van der Waals surface area contributed by atoms with Gasteiger partial charge < -0.3 is 14.8 Å². The van der Waals surface area contributed by atoms with E-state index >= 15 is 0 Å². The van der Waals surface area contributed by atoms with Gasteiger partial charge in [-0.15, -0.1) is 0 Å². The third kappa shape index (κ3) is 3.88. The van der Waals surface area contributed by atoms with Gasteiger partial charge in [-0.1, -0.05) is 24.3 Å². The summed E-state index contributed by atoms with van der Waals surface area (Å²) in [5.41, 5.74) is 1.20. The molecule has 0 aromatic heterocycles. The second-order valence-electron chi connectivity index (χ2n) is 3.13. The first-order valence-electron chi connectivity index (χ1n) is 4.94. The van der Waals surface area contributed by atoms with E-state index in [1.165, 1.54) is 6.08 Å². The Kier molecular flexibility index (Phi) is 4.76. The summed E-state index contributed by atoms with van der Waals surface area (Å²) in [6.07, 6.45) is 2.93. The van der Waals surface area contributed by atoms with Crippen LogP contribution in [0.5, 0.6) is 0 Å². The summed E-state index contributed by atoms with van der Waals surface area (Å²) >= 11 is 0. The summed E-state index contributed by atoms with van der Waals surface area (Å²) < 4.78 is 4.72. The number of carbonyl (C=O) groups is 1. The standard InChI is InChI=1S/C11H13BO4/c1-2-16-11(13)8-5-9-3-6-10(7-4-9)12(14)15/h3-8,14-15H,2H2,1H3/b8-5-. The number of hydrogen-bond donors (Lipinski definition) is 2. The molecule has 0 radical (unpaired) electrons. The Labute approximate surface area is 94.3 Å². The minimum Gasteiger partial charge on any atom is -0.463 e. The van der Waals surface area contributed by atoms with Crippen LogP contribution in [0.4, 0.5) is 0 Å². The maximum Gasteiger partial charge on any atom is 0.488 e. The topological polar surface area (TPSA) is 66.8 Å². The molecule has 5 heteroatoms. The first-order chi connectivity index (χ1) is 7.63. The molecule has 0 unspecified atom stereocenters. The van der Waals surface area contributed by atoms with Gasteiger partial charge in [-0.25, -0.2) is 4.79 Å². The van der Waals surface area contributed by atoms with Crippen molar-refractivity contribution in [3.05, 3.63) is 35.9 Å². The van der Waals surface area contributed by atoms with Crippen molar-refractivity contribution < 1.29 is 19.6 Å². The molecule has 1 aromatic rings. The second kappa shape index (κ2) is 6.10. The molecule has 0 bridgehead atoms. The lowest BCUT2D eigenvalue weighted by molar-refractivity contribution is -0.137. The van der Waals surface area contributed by atoms with Crippen LogP contribution in [0.25, 0.3) is 6.08 Å². The first-order valence-corrected chi connectivity index (χ1v) is 4.94. The fourth-order valence-electron chi connectivity index (χ4n) is 1.13.